The lowest BCUT2D eigenvalue weighted by Gasteiger charge is -2.22. The molecule has 1 amide bonds. The number of halogens is 1. The highest BCUT2D eigenvalue weighted by Gasteiger charge is 2.18. The Kier molecular flexibility index (Phi) is 5.75. The van der Waals surface area contributed by atoms with Crippen LogP contribution in [0.2, 0.25) is 0 Å². The number of methoxy groups -OCH3 is 1. The molecule has 3 rings (SSSR count). The number of hydrogen-bond acceptors (Lipinski definition) is 5. The predicted molar refractivity (Wildman–Crippen MR) is 108 cm³/mol. The van der Waals surface area contributed by atoms with Gasteiger partial charge in [-0.3, -0.25) is 9.78 Å². The minimum Gasteiger partial charge on any atom is -0.494 e. The fraction of sp³-hybridized carbons (Fsp3) is 0.238. The van der Waals surface area contributed by atoms with Crippen LogP contribution in [0, 0.1) is 5.82 Å². The van der Waals surface area contributed by atoms with Gasteiger partial charge in [-0.05, 0) is 35.7 Å². The summed E-state index contributed by atoms with van der Waals surface area (Å²) in [6, 6.07) is 9.70. The molecule has 0 saturated heterocycles. The number of nitrogens with two attached hydrogens (primary N) is 2. The number of pyridine rings is 1. The average Bonchev–Trinajstić information content (AvgIpc) is 2.71. The molecule has 1 atom stereocenters. The van der Waals surface area contributed by atoms with Crippen molar-refractivity contribution in [2.45, 2.75) is 19.4 Å². The Labute approximate surface area is 162 Å². The summed E-state index contributed by atoms with van der Waals surface area (Å²) in [5, 5.41) is 4.18. The monoisotopic (exact) mass is 382 g/mol. The van der Waals surface area contributed by atoms with Crippen molar-refractivity contribution >= 4 is 22.5 Å². The minimum atomic E-state index is -0.541. The molecule has 0 aliphatic heterocycles. The molecule has 0 aliphatic carbocycles. The van der Waals surface area contributed by atoms with Gasteiger partial charge in [0.2, 0.25) is 0 Å². The standard InChI is InChI=1S/C21H23FN4O2/c1-3-12-11-25-20-14(5-4-6-15(20)21(24)27)19(12)26-17(10-23)13-7-8-18(28-2)16(22)9-13/h4-9,11,17H,3,10,23H2,1-2H3,(H2,24,27)(H,25,26). The summed E-state index contributed by atoms with van der Waals surface area (Å²) in [6.07, 6.45) is 2.44. The zero-order chi connectivity index (χ0) is 20.3. The highest BCUT2D eigenvalue weighted by molar-refractivity contribution is 6.08. The zero-order valence-corrected chi connectivity index (χ0v) is 15.8. The first-order valence-electron chi connectivity index (χ1n) is 9.00. The van der Waals surface area contributed by atoms with Gasteiger partial charge in [-0.25, -0.2) is 4.39 Å². The first kappa shape index (κ1) is 19.6. The number of carbonyl (C=O) groups is 1. The SMILES string of the molecule is CCc1cnc2c(C(N)=O)cccc2c1NC(CN)c1ccc(OC)c(F)c1. The van der Waals surface area contributed by atoms with Crippen LogP contribution in [-0.2, 0) is 6.42 Å². The molecular formula is C21H23FN4O2. The molecule has 3 aromatic rings. The van der Waals surface area contributed by atoms with Crippen molar-refractivity contribution in [1.82, 2.24) is 4.98 Å². The molecule has 1 aromatic heterocycles. The maximum absolute atomic E-state index is 14.2. The summed E-state index contributed by atoms with van der Waals surface area (Å²) in [4.78, 5) is 16.2. The molecule has 1 heterocycles. The van der Waals surface area contributed by atoms with Crippen molar-refractivity contribution < 1.29 is 13.9 Å². The topological polar surface area (TPSA) is 103 Å². The third kappa shape index (κ3) is 3.61. The van der Waals surface area contributed by atoms with E-state index in [0.717, 1.165) is 23.1 Å². The maximum atomic E-state index is 14.2. The number of carbonyl (C=O) groups excluding carboxylic acids is 1. The Morgan fingerprint density at radius 2 is 2.11 bits per heavy atom. The van der Waals surface area contributed by atoms with Crippen LogP contribution < -0.4 is 21.5 Å². The molecule has 5 N–H and O–H groups in total. The van der Waals surface area contributed by atoms with Crippen LogP contribution >= 0.6 is 0 Å². The molecule has 0 saturated carbocycles. The molecule has 7 heteroatoms. The van der Waals surface area contributed by atoms with E-state index in [1.807, 2.05) is 13.0 Å². The normalized spacial score (nSPS) is 12.0. The Morgan fingerprint density at radius 1 is 1.32 bits per heavy atom. The van der Waals surface area contributed by atoms with E-state index in [1.54, 1.807) is 30.5 Å². The van der Waals surface area contributed by atoms with E-state index in [1.165, 1.54) is 13.2 Å². The van der Waals surface area contributed by atoms with E-state index in [2.05, 4.69) is 10.3 Å². The summed E-state index contributed by atoms with van der Waals surface area (Å²) >= 11 is 0. The van der Waals surface area contributed by atoms with Gasteiger partial charge in [0.05, 0.1) is 24.2 Å². The number of ether oxygens (including phenoxy) is 1. The second-order valence-electron chi connectivity index (χ2n) is 6.40. The predicted octanol–water partition coefficient (Wildman–Crippen LogP) is 3.16. The summed E-state index contributed by atoms with van der Waals surface area (Å²) in [6.45, 7) is 2.25. The minimum absolute atomic E-state index is 0.175. The van der Waals surface area contributed by atoms with Crippen LogP contribution in [0.4, 0.5) is 10.1 Å². The second-order valence-corrected chi connectivity index (χ2v) is 6.40. The van der Waals surface area contributed by atoms with Gasteiger partial charge in [-0.15, -0.1) is 0 Å². The zero-order valence-electron chi connectivity index (χ0n) is 15.8. The van der Waals surface area contributed by atoms with Gasteiger partial charge < -0.3 is 21.5 Å². The Balaban J connectivity index is 2.10. The Bertz CT molecular complexity index is 1020. The van der Waals surface area contributed by atoms with Crippen LogP contribution in [-0.4, -0.2) is 24.5 Å². The molecule has 0 aliphatic rings. The summed E-state index contributed by atoms with van der Waals surface area (Å²) in [5.41, 5.74) is 14.8. The lowest BCUT2D eigenvalue weighted by molar-refractivity contribution is 0.100. The van der Waals surface area contributed by atoms with E-state index in [0.29, 0.717) is 16.6 Å². The highest BCUT2D eigenvalue weighted by Crippen LogP contribution is 2.32. The van der Waals surface area contributed by atoms with E-state index < -0.39 is 11.7 Å². The van der Waals surface area contributed by atoms with Crippen molar-refractivity contribution in [2.24, 2.45) is 11.5 Å². The van der Waals surface area contributed by atoms with Crippen LogP contribution in [0.1, 0.15) is 34.5 Å². The lowest BCUT2D eigenvalue weighted by atomic mass is 10.0. The van der Waals surface area contributed by atoms with Gasteiger partial charge in [0.15, 0.2) is 11.6 Å². The van der Waals surface area contributed by atoms with Crippen LogP contribution in [0.5, 0.6) is 5.75 Å². The average molecular weight is 382 g/mol. The number of aromatic nitrogens is 1. The number of primary amides is 1. The highest BCUT2D eigenvalue weighted by atomic mass is 19.1. The number of para-hydroxylation sites is 1. The molecule has 0 spiro atoms. The Morgan fingerprint density at radius 3 is 2.71 bits per heavy atom. The number of nitrogens with one attached hydrogen (secondary N) is 1. The smallest absolute Gasteiger partial charge is 0.250 e. The van der Waals surface area contributed by atoms with E-state index >= 15 is 0 Å². The van der Waals surface area contributed by atoms with Gasteiger partial charge in [-0.2, -0.15) is 0 Å². The van der Waals surface area contributed by atoms with Crippen molar-refractivity contribution in [1.29, 1.82) is 0 Å². The first-order valence-corrected chi connectivity index (χ1v) is 9.00. The lowest BCUT2D eigenvalue weighted by Crippen LogP contribution is -2.22. The molecule has 28 heavy (non-hydrogen) atoms. The number of rotatable bonds is 7. The Hall–Kier alpha value is -3.19. The molecule has 0 radical (unpaired) electrons. The van der Waals surface area contributed by atoms with Gasteiger partial charge in [0.25, 0.3) is 5.91 Å². The van der Waals surface area contributed by atoms with E-state index in [9.17, 15) is 9.18 Å². The first-order chi connectivity index (χ1) is 13.5. The van der Waals surface area contributed by atoms with E-state index in [4.69, 9.17) is 16.2 Å². The third-order valence-corrected chi connectivity index (χ3v) is 4.75. The number of nitrogens with zero attached hydrogens (tertiary/aromatic N) is 1. The van der Waals surface area contributed by atoms with Crippen molar-refractivity contribution in [3.63, 3.8) is 0 Å². The van der Waals surface area contributed by atoms with Crippen molar-refractivity contribution in [2.75, 3.05) is 19.0 Å². The molecule has 0 fully saturated rings. The number of benzene rings is 2. The van der Waals surface area contributed by atoms with Crippen molar-refractivity contribution in [3.8, 4) is 5.75 Å². The third-order valence-electron chi connectivity index (χ3n) is 4.75. The number of amides is 1. The molecular weight excluding hydrogens is 359 g/mol. The second kappa shape index (κ2) is 8.22. The van der Waals surface area contributed by atoms with Crippen molar-refractivity contribution in [3.05, 3.63) is 65.1 Å². The van der Waals surface area contributed by atoms with Crippen LogP contribution in [0.3, 0.4) is 0 Å². The molecule has 0 bridgehead atoms. The summed E-state index contributed by atoms with van der Waals surface area (Å²) in [5.74, 6) is -0.818. The largest absolute Gasteiger partial charge is 0.494 e. The van der Waals surface area contributed by atoms with Gasteiger partial charge in [0, 0.05) is 23.8 Å². The number of hydrogen-bond donors (Lipinski definition) is 3. The van der Waals surface area contributed by atoms with Crippen LogP contribution in [0.25, 0.3) is 10.9 Å². The fourth-order valence-corrected chi connectivity index (χ4v) is 3.25. The summed E-state index contributed by atoms with van der Waals surface area (Å²) < 4.78 is 19.2. The van der Waals surface area contributed by atoms with Gasteiger partial charge in [-0.1, -0.05) is 25.1 Å². The molecule has 6 nitrogen and oxygen atoms in total. The number of aryl methyl sites for hydroxylation is 1. The fourth-order valence-electron chi connectivity index (χ4n) is 3.25. The van der Waals surface area contributed by atoms with E-state index in [-0.39, 0.29) is 18.3 Å². The summed E-state index contributed by atoms with van der Waals surface area (Å²) in [7, 11) is 1.42. The van der Waals surface area contributed by atoms with Gasteiger partial charge >= 0.3 is 0 Å². The number of fused-ring (bicyclic) bond motifs is 1. The number of anilines is 1. The van der Waals surface area contributed by atoms with Gasteiger partial charge in [0.1, 0.15) is 0 Å². The molecule has 1 unspecified atom stereocenters. The quantitative estimate of drug-likeness (QED) is 0.582. The molecule has 146 valence electrons. The van der Waals surface area contributed by atoms with Crippen LogP contribution in [0.15, 0.2) is 42.6 Å². The maximum Gasteiger partial charge on any atom is 0.250 e. The molecule has 2 aromatic carbocycles.